The Labute approximate surface area is 101 Å². The smallest absolute Gasteiger partial charge is 0.200 e. The van der Waals surface area contributed by atoms with Gasteiger partial charge < -0.3 is 4.42 Å². The molecule has 0 N–H and O–H groups in total. The maximum Gasteiger partial charge on any atom is 0.200 e. The van der Waals surface area contributed by atoms with Crippen molar-refractivity contribution in [3.8, 4) is 11.3 Å². The van der Waals surface area contributed by atoms with E-state index in [-0.39, 0.29) is 11.0 Å². The van der Waals surface area contributed by atoms with Crippen molar-refractivity contribution < 1.29 is 9.21 Å². The van der Waals surface area contributed by atoms with Crippen LogP contribution in [-0.2, 0) is 5.75 Å². The maximum absolute atomic E-state index is 11.9. The van der Waals surface area contributed by atoms with Gasteiger partial charge in [0, 0.05) is 16.2 Å². The van der Waals surface area contributed by atoms with Crippen molar-refractivity contribution in [2.24, 2.45) is 0 Å². The Hall–Kier alpha value is -1.81. The van der Waals surface area contributed by atoms with Crippen molar-refractivity contribution >= 4 is 18.0 Å². The molecular weight excluding hydrogens is 236 g/mol. The van der Waals surface area contributed by atoms with Gasteiger partial charge in [-0.05, 0) is 6.07 Å². The topological polar surface area (TPSA) is 47.3 Å². The molecule has 2 heterocycles. The number of carbonyl (C=O) groups is 1. The van der Waals surface area contributed by atoms with Gasteiger partial charge in [-0.25, -0.2) is 0 Å². The summed E-state index contributed by atoms with van der Waals surface area (Å²) in [6, 6.07) is 7.78. The highest BCUT2D eigenvalue weighted by Crippen LogP contribution is 2.39. The van der Waals surface area contributed by atoms with Crippen LogP contribution in [0.25, 0.3) is 11.3 Å². The Kier molecular flexibility index (Phi) is 2.37. The predicted octanol–water partition coefficient (Wildman–Crippen LogP) is 2.73. The molecule has 3 nitrogen and oxygen atoms in total. The van der Waals surface area contributed by atoms with Crippen LogP contribution < -0.4 is 5.43 Å². The summed E-state index contributed by atoms with van der Waals surface area (Å²) in [5.41, 5.74) is 1.37. The fourth-order valence-corrected chi connectivity index (χ4v) is 2.95. The summed E-state index contributed by atoms with van der Waals surface area (Å²) in [4.78, 5) is 23.7. The summed E-state index contributed by atoms with van der Waals surface area (Å²) in [5.74, 6) is 1.14. The van der Waals surface area contributed by atoms with E-state index in [9.17, 15) is 9.59 Å². The second-order valence-electron chi connectivity index (χ2n) is 3.73. The number of fused-ring (bicyclic) bond motifs is 3. The van der Waals surface area contributed by atoms with Gasteiger partial charge in [-0.1, -0.05) is 18.2 Å². The van der Waals surface area contributed by atoms with Crippen molar-refractivity contribution in [2.75, 3.05) is 0 Å². The predicted molar refractivity (Wildman–Crippen MR) is 65.4 cm³/mol. The van der Waals surface area contributed by atoms with E-state index >= 15 is 0 Å². The van der Waals surface area contributed by atoms with E-state index in [2.05, 4.69) is 0 Å². The van der Waals surface area contributed by atoms with Crippen molar-refractivity contribution in [1.82, 2.24) is 0 Å². The second-order valence-corrected chi connectivity index (χ2v) is 4.75. The van der Waals surface area contributed by atoms with Gasteiger partial charge in [-0.2, -0.15) is 0 Å². The van der Waals surface area contributed by atoms with Crippen LogP contribution in [0.1, 0.15) is 15.9 Å². The van der Waals surface area contributed by atoms with Crippen LogP contribution in [0, 0.1) is 0 Å². The van der Waals surface area contributed by atoms with Crippen molar-refractivity contribution in [1.29, 1.82) is 0 Å². The molecule has 4 heteroatoms. The molecule has 1 aliphatic rings. The summed E-state index contributed by atoms with van der Waals surface area (Å²) in [6.07, 6.45) is 1.78. The average molecular weight is 244 g/mol. The molecule has 84 valence electrons. The monoisotopic (exact) mass is 244 g/mol. The molecule has 17 heavy (non-hydrogen) atoms. The summed E-state index contributed by atoms with van der Waals surface area (Å²) in [7, 11) is 0. The summed E-state index contributed by atoms with van der Waals surface area (Å²) in [6.45, 7) is 0. The van der Waals surface area contributed by atoms with E-state index in [1.165, 1.54) is 6.26 Å². The first kappa shape index (κ1) is 10.4. The number of carbonyl (C=O) groups excluding carboxylic acids is 1. The molecule has 0 saturated carbocycles. The van der Waals surface area contributed by atoms with Gasteiger partial charge in [-0.15, -0.1) is 11.8 Å². The van der Waals surface area contributed by atoms with Crippen molar-refractivity contribution in [2.45, 2.75) is 10.6 Å². The van der Waals surface area contributed by atoms with Gasteiger partial charge in [-0.3, -0.25) is 9.59 Å². The minimum Gasteiger partial charge on any atom is -0.463 e. The molecule has 0 saturated heterocycles. The van der Waals surface area contributed by atoms with Gasteiger partial charge >= 0.3 is 0 Å². The molecule has 0 spiro atoms. The number of aldehydes is 1. The van der Waals surface area contributed by atoms with E-state index in [0.717, 1.165) is 10.5 Å². The van der Waals surface area contributed by atoms with Crippen LogP contribution in [0.15, 0.2) is 44.6 Å². The van der Waals surface area contributed by atoms with Gasteiger partial charge in [0.1, 0.15) is 12.0 Å². The Morgan fingerprint density at radius 3 is 2.94 bits per heavy atom. The number of rotatable bonds is 1. The summed E-state index contributed by atoms with van der Waals surface area (Å²) < 4.78 is 5.43. The van der Waals surface area contributed by atoms with Crippen LogP contribution in [0.2, 0.25) is 0 Å². The molecule has 1 aliphatic heterocycles. The highest BCUT2D eigenvalue weighted by Gasteiger charge is 2.22. The molecule has 1 aromatic carbocycles. The van der Waals surface area contributed by atoms with Crippen LogP contribution in [-0.4, -0.2) is 6.29 Å². The van der Waals surface area contributed by atoms with Crippen LogP contribution in [0.3, 0.4) is 0 Å². The normalized spacial score (nSPS) is 12.7. The molecular formula is C13H8O3S. The zero-order valence-electron chi connectivity index (χ0n) is 8.80. The SMILES string of the molecule is O=Cc1coc2c(c1=O)CSc1ccccc1-2. The Bertz CT molecular complexity index is 658. The van der Waals surface area contributed by atoms with E-state index in [0.29, 0.717) is 23.4 Å². The lowest BCUT2D eigenvalue weighted by Crippen LogP contribution is -2.16. The Morgan fingerprint density at radius 1 is 1.29 bits per heavy atom. The third-order valence-corrected chi connectivity index (χ3v) is 3.84. The average Bonchev–Trinajstić information content (AvgIpc) is 2.39. The molecule has 0 aliphatic carbocycles. The first-order valence-corrected chi connectivity index (χ1v) is 6.12. The zero-order chi connectivity index (χ0) is 11.8. The van der Waals surface area contributed by atoms with E-state index in [4.69, 9.17) is 4.42 Å². The zero-order valence-corrected chi connectivity index (χ0v) is 9.62. The lowest BCUT2D eigenvalue weighted by Gasteiger charge is -2.16. The standard InChI is InChI=1S/C13H8O3S/c14-5-8-6-16-13-9-3-1-2-4-11(9)17-7-10(13)12(8)15/h1-6H,7H2. The molecule has 1 aromatic heterocycles. The van der Waals surface area contributed by atoms with Crippen molar-refractivity contribution in [3.05, 3.63) is 51.9 Å². The molecule has 0 bridgehead atoms. The first-order chi connectivity index (χ1) is 8.31. The number of thioether (sulfide) groups is 1. The lowest BCUT2D eigenvalue weighted by molar-refractivity contribution is 0.112. The van der Waals surface area contributed by atoms with Gasteiger partial charge in [0.15, 0.2) is 11.7 Å². The van der Waals surface area contributed by atoms with Gasteiger partial charge in [0.25, 0.3) is 0 Å². The number of hydrogen-bond acceptors (Lipinski definition) is 4. The Morgan fingerprint density at radius 2 is 2.12 bits per heavy atom. The quantitative estimate of drug-likeness (QED) is 0.724. The molecule has 2 aromatic rings. The highest BCUT2D eigenvalue weighted by molar-refractivity contribution is 7.98. The number of hydrogen-bond donors (Lipinski definition) is 0. The largest absolute Gasteiger partial charge is 0.463 e. The first-order valence-electron chi connectivity index (χ1n) is 5.13. The third kappa shape index (κ3) is 1.52. The van der Waals surface area contributed by atoms with E-state index in [1.807, 2.05) is 24.3 Å². The highest BCUT2D eigenvalue weighted by atomic mass is 32.2. The minimum absolute atomic E-state index is 0.0868. The molecule has 3 rings (SSSR count). The lowest BCUT2D eigenvalue weighted by atomic mass is 10.1. The van der Waals surface area contributed by atoms with E-state index < -0.39 is 0 Å². The molecule has 0 amide bonds. The van der Waals surface area contributed by atoms with E-state index in [1.54, 1.807) is 11.8 Å². The molecule has 0 atom stereocenters. The minimum atomic E-state index is -0.219. The van der Waals surface area contributed by atoms with Gasteiger partial charge in [0.05, 0.1) is 11.1 Å². The van der Waals surface area contributed by atoms with Crippen LogP contribution >= 0.6 is 11.8 Å². The molecule has 0 unspecified atom stereocenters. The fourth-order valence-electron chi connectivity index (χ4n) is 1.89. The number of benzene rings is 1. The molecule has 0 fully saturated rings. The fraction of sp³-hybridized carbons (Fsp3) is 0.0769. The second kappa shape index (κ2) is 3.89. The van der Waals surface area contributed by atoms with Crippen LogP contribution in [0.4, 0.5) is 0 Å². The van der Waals surface area contributed by atoms with Gasteiger partial charge in [0.2, 0.25) is 0 Å². The Balaban J connectivity index is 2.32. The summed E-state index contributed by atoms with van der Waals surface area (Å²) in [5, 5.41) is 0. The van der Waals surface area contributed by atoms with Crippen LogP contribution in [0.5, 0.6) is 0 Å². The van der Waals surface area contributed by atoms with Crippen molar-refractivity contribution in [3.63, 3.8) is 0 Å². The maximum atomic E-state index is 11.9. The molecule has 0 radical (unpaired) electrons. The third-order valence-electron chi connectivity index (χ3n) is 2.74. The summed E-state index contributed by atoms with van der Waals surface area (Å²) >= 11 is 1.59.